The quantitative estimate of drug-likeness (QED) is 0.668. The third-order valence-corrected chi connectivity index (χ3v) is 6.83. The molecule has 0 radical (unpaired) electrons. The Kier molecular flexibility index (Phi) is 7.31. The van der Waals surface area contributed by atoms with Crippen LogP contribution in [0, 0.1) is 0 Å². The molecule has 2 amide bonds. The van der Waals surface area contributed by atoms with Crippen LogP contribution in [-0.4, -0.2) is 73.2 Å². The molecule has 29 heavy (non-hydrogen) atoms. The smallest absolute Gasteiger partial charge is 0.319 e. The number of amides is 2. The van der Waals surface area contributed by atoms with Crippen molar-refractivity contribution in [2.24, 2.45) is 0 Å². The predicted octanol–water partition coefficient (Wildman–Crippen LogP) is 4.34. The van der Waals surface area contributed by atoms with Crippen molar-refractivity contribution in [1.29, 1.82) is 0 Å². The summed E-state index contributed by atoms with van der Waals surface area (Å²) in [5.74, 6) is 1.54. The number of piperidine rings is 2. The summed E-state index contributed by atoms with van der Waals surface area (Å²) in [6.07, 6.45) is 9.66. The standard InChI is InChI=1S/C24H37N3O2/c28-24(26-16-4-5-17-26)27-18-11-22(12-19-27)21-7-9-23(10-8-21)29-20-6-15-25-13-2-1-3-14-25/h7-10,22H,1-6,11-20H2. The van der Waals surface area contributed by atoms with Crippen molar-refractivity contribution in [2.75, 3.05) is 52.4 Å². The maximum Gasteiger partial charge on any atom is 0.319 e. The van der Waals surface area contributed by atoms with E-state index in [2.05, 4.69) is 34.1 Å². The Morgan fingerprint density at radius 3 is 2.14 bits per heavy atom. The van der Waals surface area contributed by atoms with E-state index in [1.807, 2.05) is 4.90 Å². The zero-order valence-electron chi connectivity index (χ0n) is 17.9. The van der Waals surface area contributed by atoms with Gasteiger partial charge in [0.2, 0.25) is 0 Å². The third kappa shape index (κ3) is 5.65. The van der Waals surface area contributed by atoms with Crippen molar-refractivity contribution < 1.29 is 9.53 Å². The maximum absolute atomic E-state index is 12.5. The molecular formula is C24H37N3O2. The summed E-state index contributed by atoms with van der Waals surface area (Å²) >= 11 is 0. The Bertz CT molecular complexity index is 628. The average Bonchev–Trinajstić information content (AvgIpc) is 3.33. The number of ether oxygens (including phenoxy) is 1. The fraction of sp³-hybridized carbons (Fsp3) is 0.708. The van der Waals surface area contributed by atoms with Crippen molar-refractivity contribution in [3.63, 3.8) is 0 Å². The summed E-state index contributed by atoms with van der Waals surface area (Å²) in [5.41, 5.74) is 1.39. The summed E-state index contributed by atoms with van der Waals surface area (Å²) in [6, 6.07) is 8.95. The highest BCUT2D eigenvalue weighted by molar-refractivity contribution is 5.74. The van der Waals surface area contributed by atoms with E-state index in [1.54, 1.807) is 0 Å². The number of likely N-dealkylation sites (tertiary alicyclic amines) is 3. The molecule has 3 fully saturated rings. The number of hydrogen-bond acceptors (Lipinski definition) is 3. The van der Waals surface area contributed by atoms with Gasteiger partial charge < -0.3 is 19.4 Å². The van der Waals surface area contributed by atoms with E-state index in [-0.39, 0.29) is 6.03 Å². The van der Waals surface area contributed by atoms with Gasteiger partial charge in [-0.15, -0.1) is 0 Å². The molecule has 0 saturated carbocycles. The largest absolute Gasteiger partial charge is 0.494 e. The molecule has 160 valence electrons. The molecule has 1 aromatic rings. The van der Waals surface area contributed by atoms with Gasteiger partial charge >= 0.3 is 6.03 Å². The summed E-state index contributed by atoms with van der Waals surface area (Å²) in [7, 11) is 0. The molecule has 3 aliphatic heterocycles. The number of rotatable bonds is 6. The van der Waals surface area contributed by atoms with Gasteiger partial charge in [-0.05, 0) is 81.6 Å². The van der Waals surface area contributed by atoms with E-state index in [4.69, 9.17) is 4.74 Å². The lowest BCUT2D eigenvalue weighted by Crippen LogP contribution is -2.45. The van der Waals surface area contributed by atoms with Gasteiger partial charge in [-0.2, -0.15) is 0 Å². The first-order valence-electron chi connectivity index (χ1n) is 11.8. The zero-order chi connectivity index (χ0) is 19.9. The van der Waals surface area contributed by atoms with Crippen LogP contribution in [0.1, 0.15) is 62.8 Å². The fourth-order valence-corrected chi connectivity index (χ4v) is 5.01. The van der Waals surface area contributed by atoms with Crippen LogP contribution >= 0.6 is 0 Å². The lowest BCUT2D eigenvalue weighted by Gasteiger charge is -2.34. The molecule has 5 heteroatoms. The number of hydrogen-bond donors (Lipinski definition) is 0. The molecule has 3 heterocycles. The first-order chi connectivity index (χ1) is 14.3. The van der Waals surface area contributed by atoms with Crippen LogP contribution in [0.5, 0.6) is 5.75 Å². The van der Waals surface area contributed by atoms with Gasteiger partial charge in [0.25, 0.3) is 0 Å². The van der Waals surface area contributed by atoms with E-state index in [0.29, 0.717) is 5.92 Å². The van der Waals surface area contributed by atoms with Gasteiger partial charge in [-0.25, -0.2) is 4.79 Å². The molecule has 0 atom stereocenters. The van der Waals surface area contributed by atoms with E-state index >= 15 is 0 Å². The Balaban J connectivity index is 1.17. The number of benzene rings is 1. The Morgan fingerprint density at radius 1 is 0.828 bits per heavy atom. The second-order valence-electron chi connectivity index (χ2n) is 8.91. The highest BCUT2D eigenvalue weighted by atomic mass is 16.5. The van der Waals surface area contributed by atoms with Crippen molar-refractivity contribution in [3.8, 4) is 5.75 Å². The van der Waals surface area contributed by atoms with Crippen LogP contribution in [0.2, 0.25) is 0 Å². The van der Waals surface area contributed by atoms with Gasteiger partial charge in [0.15, 0.2) is 0 Å². The van der Waals surface area contributed by atoms with Crippen molar-refractivity contribution in [3.05, 3.63) is 29.8 Å². The Morgan fingerprint density at radius 2 is 1.45 bits per heavy atom. The van der Waals surface area contributed by atoms with Gasteiger partial charge in [0.05, 0.1) is 6.61 Å². The molecule has 0 aliphatic carbocycles. The molecule has 0 bridgehead atoms. The highest BCUT2D eigenvalue weighted by Crippen LogP contribution is 2.30. The molecule has 0 unspecified atom stereocenters. The maximum atomic E-state index is 12.5. The molecule has 0 N–H and O–H groups in total. The lowest BCUT2D eigenvalue weighted by molar-refractivity contribution is 0.148. The minimum Gasteiger partial charge on any atom is -0.494 e. The van der Waals surface area contributed by atoms with Crippen LogP contribution in [0.15, 0.2) is 24.3 Å². The second-order valence-corrected chi connectivity index (χ2v) is 8.91. The van der Waals surface area contributed by atoms with Crippen molar-refractivity contribution in [1.82, 2.24) is 14.7 Å². The molecule has 5 nitrogen and oxygen atoms in total. The van der Waals surface area contributed by atoms with Crippen LogP contribution in [0.25, 0.3) is 0 Å². The van der Waals surface area contributed by atoms with E-state index in [0.717, 1.165) is 77.2 Å². The van der Waals surface area contributed by atoms with Crippen LogP contribution in [0.3, 0.4) is 0 Å². The van der Waals surface area contributed by atoms with E-state index in [9.17, 15) is 4.79 Å². The summed E-state index contributed by atoms with van der Waals surface area (Å²) < 4.78 is 5.96. The first-order valence-corrected chi connectivity index (χ1v) is 11.8. The monoisotopic (exact) mass is 399 g/mol. The predicted molar refractivity (Wildman–Crippen MR) is 117 cm³/mol. The van der Waals surface area contributed by atoms with Gasteiger partial charge in [-0.1, -0.05) is 18.6 Å². The average molecular weight is 400 g/mol. The molecule has 4 rings (SSSR count). The van der Waals surface area contributed by atoms with Crippen LogP contribution in [-0.2, 0) is 0 Å². The second kappa shape index (κ2) is 10.3. The minimum atomic E-state index is 0.259. The number of urea groups is 1. The van der Waals surface area contributed by atoms with Gasteiger partial charge in [0, 0.05) is 32.7 Å². The first kappa shape index (κ1) is 20.5. The number of carbonyl (C=O) groups excluding carboxylic acids is 1. The summed E-state index contributed by atoms with van der Waals surface area (Å²) in [6.45, 7) is 8.13. The normalized spacial score (nSPS) is 21.5. The number of carbonyl (C=O) groups is 1. The van der Waals surface area contributed by atoms with Crippen molar-refractivity contribution in [2.45, 2.75) is 57.3 Å². The van der Waals surface area contributed by atoms with Crippen LogP contribution in [0.4, 0.5) is 4.79 Å². The minimum absolute atomic E-state index is 0.259. The SMILES string of the molecule is O=C(N1CCCC1)N1CCC(c2ccc(OCCCN3CCCCC3)cc2)CC1. The summed E-state index contributed by atoms with van der Waals surface area (Å²) in [5, 5.41) is 0. The molecule has 3 saturated heterocycles. The number of nitrogens with zero attached hydrogens (tertiary/aromatic N) is 3. The van der Waals surface area contributed by atoms with E-state index < -0.39 is 0 Å². The van der Waals surface area contributed by atoms with Gasteiger partial charge in [0.1, 0.15) is 5.75 Å². The Hall–Kier alpha value is -1.75. The van der Waals surface area contributed by atoms with Gasteiger partial charge in [-0.3, -0.25) is 0 Å². The lowest BCUT2D eigenvalue weighted by atomic mass is 9.89. The third-order valence-electron chi connectivity index (χ3n) is 6.83. The molecule has 0 aromatic heterocycles. The molecular weight excluding hydrogens is 362 g/mol. The molecule has 0 spiro atoms. The topological polar surface area (TPSA) is 36.0 Å². The summed E-state index contributed by atoms with van der Waals surface area (Å²) in [4.78, 5) is 19.2. The zero-order valence-corrected chi connectivity index (χ0v) is 17.9. The van der Waals surface area contributed by atoms with Crippen molar-refractivity contribution >= 4 is 6.03 Å². The molecule has 1 aromatic carbocycles. The van der Waals surface area contributed by atoms with E-state index in [1.165, 1.54) is 37.9 Å². The highest BCUT2D eigenvalue weighted by Gasteiger charge is 2.28. The molecule has 3 aliphatic rings. The fourth-order valence-electron chi connectivity index (χ4n) is 5.01. The van der Waals surface area contributed by atoms with Crippen LogP contribution < -0.4 is 4.74 Å². The Labute approximate surface area is 176 Å².